The summed E-state index contributed by atoms with van der Waals surface area (Å²) in [5.74, 6) is -0.825. The van der Waals surface area contributed by atoms with Crippen molar-refractivity contribution < 1.29 is 8.78 Å². The number of halogens is 3. The van der Waals surface area contributed by atoms with Crippen molar-refractivity contribution >= 4 is 33.9 Å². The van der Waals surface area contributed by atoms with Crippen LogP contribution in [0.4, 0.5) is 20.2 Å². The van der Waals surface area contributed by atoms with Crippen molar-refractivity contribution in [1.29, 1.82) is 0 Å². The van der Waals surface area contributed by atoms with Gasteiger partial charge < -0.3 is 5.32 Å². The normalized spacial score (nSPS) is 10.8. The van der Waals surface area contributed by atoms with Crippen LogP contribution in [0.15, 0.2) is 48.7 Å². The summed E-state index contributed by atoms with van der Waals surface area (Å²) in [4.78, 5) is 4.16. The fourth-order valence-corrected chi connectivity index (χ4v) is 2.14. The van der Waals surface area contributed by atoms with Crippen LogP contribution in [0, 0.1) is 11.6 Å². The molecule has 3 aromatic rings. The monoisotopic (exact) mass is 290 g/mol. The number of anilines is 2. The van der Waals surface area contributed by atoms with E-state index in [1.807, 2.05) is 0 Å². The van der Waals surface area contributed by atoms with E-state index in [-0.39, 0.29) is 10.8 Å². The third kappa shape index (κ3) is 2.42. The van der Waals surface area contributed by atoms with E-state index in [0.29, 0.717) is 22.3 Å². The molecule has 0 fully saturated rings. The predicted octanol–water partition coefficient (Wildman–Crippen LogP) is 4.91. The number of hydrogen-bond donors (Lipinski definition) is 1. The summed E-state index contributed by atoms with van der Waals surface area (Å²) in [6.45, 7) is 0. The molecule has 2 aromatic carbocycles. The molecule has 20 heavy (non-hydrogen) atoms. The lowest BCUT2D eigenvalue weighted by atomic mass is 10.1. The van der Waals surface area contributed by atoms with Crippen molar-refractivity contribution in [2.24, 2.45) is 0 Å². The van der Waals surface area contributed by atoms with Gasteiger partial charge >= 0.3 is 0 Å². The molecule has 2 nitrogen and oxygen atoms in total. The molecule has 5 heteroatoms. The molecule has 1 N–H and O–H groups in total. The van der Waals surface area contributed by atoms with E-state index in [2.05, 4.69) is 10.3 Å². The van der Waals surface area contributed by atoms with Gasteiger partial charge in [-0.15, -0.1) is 0 Å². The highest BCUT2D eigenvalue weighted by molar-refractivity contribution is 6.31. The summed E-state index contributed by atoms with van der Waals surface area (Å²) in [7, 11) is 0. The minimum Gasteiger partial charge on any atom is -0.355 e. The fraction of sp³-hybridized carbons (Fsp3) is 0. The van der Waals surface area contributed by atoms with E-state index >= 15 is 0 Å². The van der Waals surface area contributed by atoms with E-state index in [1.54, 1.807) is 24.4 Å². The Morgan fingerprint density at radius 2 is 1.85 bits per heavy atom. The molecule has 0 aliphatic carbocycles. The SMILES string of the molecule is Fc1ccc2nccc(Nc3ccc(F)c(Cl)c3)c2c1. The summed E-state index contributed by atoms with van der Waals surface area (Å²) < 4.78 is 26.5. The zero-order chi connectivity index (χ0) is 14.1. The van der Waals surface area contributed by atoms with Gasteiger partial charge in [0.2, 0.25) is 0 Å². The van der Waals surface area contributed by atoms with E-state index < -0.39 is 5.82 Å². The van der Waals surface area contributed by atoms with Crippen LogP contribution in [0.5, 0.6) is 0 Å². The number of fused-ring (bicyclic) bond motifs is 1. The summed E-state index contributed by atoms with van der Waals surface area (Å²) in [5.41, 5.74) is 1.97. The standard InChI is InChI=1S/C15H9ClF2N2/c16-12-8-10(2-3-13(12)18)20-15-5-6-19-14-4-1-9(17)7-11(14)15/h1-8H,(H,19,20). The van der Waals surface area contributed by atoms with Crippen LogP contribution in [-0.2, 0) is 0 Å². The highest BCUT2D eigenvalue weighted by Crippen LogP contribution is 2.27. The van der Waals surface area contributed by atoms with E-state index in [9.17, 15) is 8.78 Å². The Hall–Kier alpha value is -2.20. The minimum atomic E-state index is -0.483. The van der Waals surface area contributed by atoms with E-state index in [0.717, 1.165) is 0 Å². The van der Waals surface area contributed by atoms with Gasteiger partial charge in [-0.1, -0.05) is 11.6 Å². The molecule has 0 unspecified atom stereocenters. The molecule has 0 bridgehead atoms. The van der Waals surface area contributed by atoms with Gasteiger partial charge in [-0.05, 0) is 42.5 Å². The highest BCUT2D eigenvalue weighted by Gasteiger charge is 2.05. The van der Waals surface area contributed by atoms with Gasteiger partial charge in [-0.3, -0.25) is 4.98 Å². The van der Waals surface area contributed by atoms with Gasteiger partial charge in [0.1, 0.15) is 11.6 Å². The lowest BCUT2D eigenvalue weighted by Crippen LogP contribution is -1.93. The molecule has 0 amide bonds. The molecule has 0 radical (unpaired) electrons. The van der Waals surface area contributed by atoms with Gasteiger partial charge in [-0.25, -0.2) is 8.78 Å². The van der Waals surface area contributed by atoms with Crippen molar-refractivity contribution in [3.63, 3.8) is 0 Å². The summed E-state index contributed by atoms with van der Waals surface area (Å²) in [6, 6.07) is 10.4. The van der Waals surface area contributed by atoms with Crippen LogP contribution in [0.3, 0.4) is 0 Å². The van der Waals surface area contributed by atoms with Gasteiger partial charge in [0, 0.05) is 23.0 Å². The molecule has 0 saturated carbocycles. The number of aromatic nitrogens is 1. The van der Waals surface area contributed by atoms with Gasteiger partial charge in [0.25, 0.3) is 0 Å². The molecule has 3 rings (SSSR count). The molecule has 0 spiro atoms. The van der Waals surface area contributed by atoms with Gasteiger partial charge in [0.05, 0.1) is 10.5 Å². The fourth-order valence-electron chi connectivity index (χ4n) is 1.96. The zero-order valence-corrected chi connectivity index (χ0v) is 11.0. The number of rotatable bonds is 2. The van der Waals surface area contributed by atoms with Crippen molar-refractivity contribution in [3.8, 4) is 0 Å². The Morgan fingerprint density at radius 3 is 2.65 bits per heavy atom. The molecule has 0 saturated heterocycles. The van der Waals surface area contributed by atoms with Crippen LogP contribution < -0.4 is 5.32 Å². The van der Waals surface area contributed by atoms with Crippen LogP contribution in [0.1, 0.15) is 0 Å². The molecule has 1 heterocycles. The second kappa shape index (κ2) is 5.06. The van der Waals surface area contributed by atoms with Crippen molar-refractivity contribution in [2.45, 2.75) is 0 Å². The van der Waals surface area contributed by atoms with E-state index in [1.165, 1.54) is 24.3 Å². The van der Waals surface area contributed by atoms with Crippen molar-refractivity contribution in [2.75, 3.05) is 5.32 Å². The zero-order valence-electron chi connectivity index (χ0n) is 10.2. The Balaban J connectivity index is 2.05. The van der Waals surface area contributed by atoms with Crippen LogP contribution in [0.2, 0.25) is 5.02 Å². The quantitative estimate of drug-likeness (QED) is 0.725. The number of hydrogen-bond acceptors (Lipinski definition) is 2. The van der Waals surface area contributed by atoms with Crippen LogP contribution >= 0.6 is 11.6 Å². The topological polar surface area (TPSA) is 24.9 Å². The van der Waals surface area contributed by atoms with Crippen LogP contribution in [-0.4, -0.2) is 4.98 Å². The van der Waals surface area contributed by atoms with Gasteiger partial charge in [-0.2, -0.15) is 0 Å². The van der Waals surface area contributed by atoms with Gasteiger partial charge in [0.15, 0.2) is 0 Å². The second-order valence-electron chi connectivity index (χ2n) is 4.27. The smallest absolute Gasteiger partial charge is 0.141 e. The summed E-state index contributed by atoms with van der Waals surface area (Å²) in [5, 5.41) is 3.76. The first-order chi connectivity index (χ1) is 9.63. The summed E-state index contributed by atoms with van der Waals surface area (Å²) in [6.07, 6.45) is 1.62. The third-order valence-electron chi connectivity index (χ3n) is 2.90. The Kier molecular flexibility index (Phi) is 3.24. The van der Waals surface area contributed by atoms with Crippen LogP contribution in [0.25, 0.3) is 10.9 Å². The number of nitrogens with zero attached hydrogens (tertiary/aromatic N) is 1. The van der Waals surface area contributed by atoms with Crippen molar-refractivity contribution in [1.82, 2.24) is 4.98 Å². The maximum atomic E-state index is 13.3. The number of nitrogens with one attached hydrogen (secondary N) is 1. The first-order valence-corrected chi connectivity index (χ1v) is 6.27. The predicted molar refractivity (Wildman–Crippen MR) is 76.4 cm³/mol. The maximum absolute atomic E-state index is 13.3. The molecule has 0 aliphatic heterocycles. The third-order valence-corrected chi connectivity index (χ3v) is 3.19. The first kappa shape index (κ1) is 12.8. The molecular weight excluding hydrogens is 282 g/mol. The van der Waals surface area contributed by atoms with E-state index in [4.69, 9.17) is 11.6 Å². The molecule has 1 aromatic heterocycles. The number of pyridine rings is 1. The molecule has 100 valence electrons. The molecule has 0 atom stereocenters. The first-order valence-electron chi connectivity index (χ1n) is 5.90. The Bertz CT molecular complexity index is 790. The number of benzene rings is 2. The lowest BCUT2D eigenvalue weighted by Gasteiger charge is -2.10. The molecular formula is C15H9ClF2N2. The highest BCUT2D eigenvalue weighted by atomic mass is 35.5. The lowest BCUT2D eigenvalue weighted by molar-refractivity contribution is 0.628. The maximum Gasteiger partial charge on any atom is 0.141 e. The average Bonchev–Trinajstić information content (AvgIpc) is 2.44. The Labute approximate surface area is 119 Å². The second-order valence-corrected chi connectivity index (χ2v) is 4.68. The largest absolute Gasteiger partial charge is 0.355 e. The average molecular weight is 291 g/mol. The van der Waals surface area contributed by atoms with Crippen molar-refractivity contribution in [3.05, 3.63) is 65.3 Å². The molecule has 0 aliphatic rings. The minimum absolute atomic E-state index is 0.0274. The Morgan fingerprint density at radius 1 is 1.00 bits per heavy atom. The summed E-state index contributed by atoms with van der Waals surface area (Å²) >= 11 is 5.74.